The van der Waals surface area contributed by atoms with E-state index in [0.717, 1.165) is 18.1 Å². The minimum absolute atomic E-state index is 0.228. The van der Waals surface area contributed by atoms with E-state index in [0.29, 0.717) is 33.2 Å². The number of thioether (sulfide) groups is 1. The molecule has 2 atom stereocenters. The normalized spacial score (nSPS) is 20.7. The predicted molar refractivity (Wildman–Crippen MR) is 117 cm³/mol. The Morgan fingerprint density at radius 2 is 1.80 bits per heavy atom. The standard InChI is InChI=1S/C22H26ClNO5S/c1-4-27-21(25)18-13(3)24-17(12-30-11-14-10-29-14)20(22(26)28-5-2)19(18)15-8-6-7-9-16(15)23/h6-9,14,19,24H,4-5,10-12H2,1-3H3. The summed E-state index contributed by atoms with van der Waals surface area (Å²) < 4.78 is 16.0. The smallest absolute Gasteiger partial charge is 0.336 e. The molecule has 2 aliphatic heterocycles. The molecular weight excluding hydrogens is 426 g/mol. The number of benzene rings is 1. The molecule has 30 heavy (non-hydrogen) atoms. The first-order chi connectivity index (χ1) is 14.5. The van der Waals surface area contributed by atoms with Gasteiger partial charge in [-0.15, -0.1) is 0 Å². The first-order valence-electron chi connectivity index (χ1n) is 9.96. The van der Waals surface area contributed by atoms with Gasteiger partial charge in [-0.2, -0.15) is 11.8 Å². The second-order valence-corrected chi connectivity index (χ2v) is 8.36. The third kappa shape index (κ3) is 5.20. The molecule has 0 amide bonds. The molecule has 1 saturated heterocycles. The Hall–Kier alpha value is -1.96. The monoisotopic (exact) mass is 451 g/mol. The van der Waals surface area contributed by atoms with Crippen molar-refractivity contribution in [3.63, 3.8) is 0 Å². The van der Waals surface area contributed by atoms with Crippen LogP contribution >= 0.6 is 23.4 Å². The van der Waals surface area contributed by atoms with Crippen LogP contribution in [0.5, 0.6) is 0 Å². The molecule has 162 valence electrons. The largest absolute Gasteiger partial charge is 0.463 e. The van der Waals surface area contributed by atoms with Crippen molar-refractivity contribution in [2.24, 2.45) is 0 Å². The summed E-state index contributed by atoms with van der Waals surface area (Å²) >= 11 is 8.18. The summed E-state index contributed by atoms with van der Waals surface area (Å²) in [6.45, 7) is 6.55. The number of carbonyl (C=O) groups is 2. The molecule has 6 nitrogen and oxygen atoms in total. The van der Waals surface area contributed by atoms with Crippen LogP contribution in [-0.2, 0) is 23.8 Å². The number of halogens is 1. The Bertz CT molecular complexity index is 878. The van der Waals surface area contributed by atoms with Gasteiger partial charge < -0.3 is 19.5 Å². The van der Waals surface area contributed by atoms with Gasteiger partial charge in [0.15, 0.2) is 0 Å². The minimum Gasteiger partial charge on any atom is -0.463 e. The van der Waals surface area contributed by atoms with Crippen molar-refractivity contribution in [1.29, 1.82) is 0 Å². The second-order valence-electron chi connectivity index (χ2n) is 6.92. The Morgan fingerprint density at radius 3 is 2.40 bits per heavy atom. The molecular formula is C22H26ClNO5S. The fourth-order valence-corrected chi connectivity index (χ4v) is 4.67. The number of epoxide rings is 1. The maximum atomic E-state index is 13.1. The molecule has 1 aromatic carbocycles. The van der Waals surface area contributed by atoms with Crippen molar-refractivity contribution in [3.05, 3.63) is 57.4 Å². The quantitative estimate of drug-likeness (QED) is 0.451. The molecule has 1 N–H and O–H groups in total. The molecule has 8 heteroatoms. The van der Waals surface area contributed by atoms with E-state index in [2.05, 4.69) is 5.32 Å². The highest BCUT2D eigenvalue weighted by atomic mass is 35.5. The zero-order chi connectivity index (χ0) is 21.7. The zero-order valence-corrected chi connectivity index (χ0v) is 18.9. The van der Waals surface area contributed by atoms with Gasteiger partial charge in [-0.05, 0) is 32.4 Å². The highest BCUT2D eigenvalue weighted by Gasteiger charge is 2.39. The lowest BCUT2D eigenvalue weighted by Gasteiger charge is -2.32. The molecule has 1 fully saturated rings. The first kappa shape index (κ1) is 22.7. The first-order valence-corrected chi connectivity index (χ1v) is 11.5. The Kier molecular flexibility index (Phi) is 7.86. The Balaban J connectivity index is 2.09. The summed E-state index contributed by atoms with van der Waals surface area (Å²) in [5, 5.41) is 3.73. The summed E-state index contributed by atoms with van der Waals surface area (Å²) in [6, 6.07) is 7.22. The Labute approximate surface area is 186 Å². The van der Waals surface area contributed by atoms with Crippen LogP contribution < -0.4 is 5.32 Å². The number of dihydropyridines is 1. The van der Waals surface area contributed by atoms with Crippen molar-refractivity contribution in [3.8, 4) is 0 Å². The van der Waals surface area contributed by atoms with Gasteiger partial charge in [0.25, 0.3) is 0 Å². The van der Waals surface area contributed by atoms with Crippen molar-refractivity contribution in [2.45, 2.75) is 32.8 Å². The lowest BCUT2D eigenvalue weighted by atomic mass is 9.80. The highest BCUT2D eigenvalue weighted by Crippen LogP contribution is 2.42. The molecule has 1 aromatic rings. The molecule has 0 aliphatic carbocycles. The third-order valence-electron chi connectivity index (χ3n) is 4.80. The number of rotatable bonds is 9. The van der Waals surface area contributed by atoms with E-state index in [1.807, 2.05) is 25.1 Å². The van der Waals surface area contributed by atoms with E-state index < -0.39 is 17.9 Å². The van der Waals surface area contributed by atoms with Crippen LogP contribution in [0.4, 0.5) is 0 Å². The average Bonchev–Trinajstić information content (AvgIpc) is 3.52. The van der Waals surface area contributed by atoms with Gasteiger partial charge in [0.05, 0.1) is 43.0 Å². The van der Waals surface area contributed by atoms with Gasteiger partial charge in [0, 0.05) is 27.9 Å². The van der Waals surface area contributed by atoms with E-state index in [-0.39, 0.29) is 19.3 Å². The van der Waals surface area contributed by atoms with Crippen LogP contribution in [0.2, 0.25) is 5.02 Å². The number of hydrogen-bond donors (Lipinski definition) is 1. The van der Waals surface area contributed by atoms with Gasteiger partial charge in [-0.1, -0.05) is 29.8 Å². The van der Waals surface area contributed by atoms with Gasteiger partial charge in [-0.3, -0.25) is 0 Å². The van der Waals surface area contributed by atoms with Crippen molar-refractivity contribution < 1.29 is 23.8 Å². The average molecular weight is 452 g/mol. The lowest BCUT2D eigenvalue weighted by Crippen LogP contribution is -2.34. The van der Waals surface area contributed by atoms with Gasteiger partial charge in [-0.25, -0.2) is 9.59 Å². The number of esters is 2. The maximum absolute atomic E-state index is 13.1. The summed E-state index contributed by atoms with van der Waals surface area (Å²) in [7, 11) is 0. The minimum atomic E-state index is -0.675. The lowest BCUT2D eigenvalue weighted by molar-refractivity contribution is -0.139. The summed E-state index contributed by atoms with van der Waals surface area (Å²) in [5.41, 5.74) is 2.79. The van der Waals surface area contributed by atoms with E-state index in [9.17, 15) is 9.59 Å². The molecule has 0 bridgehead atoms. The fraction of sp³-hybridized carbons (Fsp3) is 0.455. The van der Waals surface area contributed by atoms with Crippen LogP contribution in [0.3, 0.4) is 0 Å². The van der Waals surface area contributed by atoms with E-state index in [1.54, 1.807) is 31.7 Å². The Morgan fingerprint density at radius 1 is 1.17 bits per heavy atom. The second kappa shape index (κ2) is 10.4. The van der Waals surface area contributed by atoms with Crippen molar-refractivity contribution in [1.82, 2.24) is 5.32 Å². The fourth-order valence-electron chi connectivity index (χ4n) is 3.42. The SMILES string of the molecule is CCOC(=O)C1=C(C)NC(CSCC2CO2)=C(C(=O)OCC)C1c1ccccc1Cl. The van der Waals surface area contributed by atoms with Gasteiger partial charge in [0.1, 0.15) is 0 Å². The number of carbonyl (C=O) groups excluding carboxylic acids is 2. The predicted octanol–water partition coefficient (Wildman–Crippen LogP) is 3.81. The zero-order valence-electron chi connectivity index (χ0n) is 17.3. The number of nitrogens with one attached hydrogen (secondary N) is 1. The van der Waals surface area contributed by atoms with Gasteiger partial charge >= 0.3 is 11.9 Å². The molecule has 3 rings (SSSR count). The molecule has 2 heterocycles. The number of hydrogen-bond acceptors (Lipinski definition) is 7. The third-order valence-corrected chi connectivity index (χ3v) is 6.25. The van der Waals surface area contributed by atoms with E-state index in [4.69, 9.17) is 25.8 Å². The molecule has 0 saturated carbocycles. The number of ether oxygens (including phenoxy) is 3. The van der Waals surface area contributed by atoms with Crippen LogP contribution in [-0.4, -0.2) is 49.4 Å². The van der Waals surface area contributed by atoms with E-state index in [1.165, 1.54) is 0 Å². The molecule has 2 unspecified atom stereocenters. The summed E-state index contributed by atoms with van der Waals surface area (Å²) in [4.78, 5) is 26.0. The summed E-state index contributed by atoms with van der Waals surface area (Å²) in [5.74, 6) is -0.228. The van der Waals surface area contributed by atoms with E-state index >= 15 is 0 Å². The van der Waals surface area contributed by atoms with Crippen LogP contribution in [0.1, 0.15) is 32.3 Å². The van der Waals surface area contributed by atoms with Crippen molar-refractivity contribution in [2.75, 3.05) is 31.3 Å². The molecule has 0 spiro atoms. The molecule has 0 aromatic heterocycles. The summed E-state index contributed by atoms with van der Waals surface area (Å²) in [6.07, 6.45) is 0.274. The molecule has 2 aliphatic rings. The van der Waals surface area contributed by atoms with Crippen LogP contribution in [0.15, 0.2) is 46.8 Å². The van der Waals surface area contributed by atoms with Gasteiger partial charge in [0.2, 0.25) is 0 Å². The number of allylic oxidation sites excluding steroid dienone is 1. The highest BCUT2D eigenvalue weighted by molar-refractivity contribution is 7.99. The molecule has 0 radical (unpaired) electrons. The maximum Gasteiger partial charge on any atom is 0.336 e. The van der Waals surface area contributed by atoms with Crippen LogP contribution in [0, 0.1) is 0 Å². The van der Waals surface area contributed by atoms with Crippen molar-refractivity contribution >= 4 is 35.3 Å². The van der Waals surface area contributed by atoms with Crippen LogP contribution in [0.25, 0.3) is 0 Å². The topological polar surface area (TPSA) is 77.2 Å².